The van der Waals surface area contributed by atoms with Crippen LogP contribution in [0, 0.1) is 10.1 Å². The Bertz CT molecular complexity index is 434. The number of carboxylic acids is 1. The van der Waals surface area contributed by atoms with E-state index in [1.165, 1.54) is 11.8 Å². The molecule has 0 radical (unpaired) electrons. The van der Waals surface area contributed by atoms with Crippen LogP contribution in [0.2, 0.25) is 0 Å². The third-order valence-corrected chi connectivity index (χ3v) is 6.13. The summed E-state index contributed by atoms with van der Waals surface area (Å²) in [6.07, 6.45) is 2.00. The monoisotopic (exact) mass is 367 g/mol. The first kappa shape index (κ1) is 19.3. The number of nitrogens with zero attached hydrogens (tertiary/aromatic N) is 2. The van der Waals surface area contributed by atoms with Crippen LogP contribution in [-0.2, 0) is 4.79 Å². The van der Waals surface area contributed by atoms with E-state index in [0.29, 0.717) is 18.1 Å². The minimum Gasteiger partial charge on any atom is -0.480 e. The molecule has 1 heterocycles. The largest absolute Gasteiger partial charge is 0.480 e. The van der Waals surface area contributed by atoms with Crippen molar-refractivity contribution in [2.45, 2.75) is 11.5 Å². The van der Waals surface area contributed by atoms with E-state index in [1.807, 2.05) is 18.1 Å². The van der Waals surface area contributed by atoms with Crippen LogP contribution in [-0.4, -0.2) is 68.6 Å². The third kappa shape index (κ3) is 5.81. The first-order valence-corrected chi connectivity index (χ1v) is 10.3. The summed E-state index contributed by atoms with van der Waals surface area (Å²) in [7, 11) is 0. The smallest absolute Gasteiger partial charge is 0.326 e. The summed E-state index contributed by atoms with van der Waals surface area (Å²) in [5.41, 5.74) is 0.0616. The van der Waals surface area contributed by atoms with Crippen molar-refractivity contribution < 1.29 is 14.8 Å². The lowest BCUT2D eigenvalue weighted by atomic mass is 10.4. The fraction of sp³-hybridized carbons (Fsp3) is 0.750. The fourth-order valence-corrected chi connectivity index (χ4v) is 4.49. The lowest BCUT2D eigenvalue weighted by Gasteiger charge is -2.18. The minimum absolute atomic E-state index is 0.0616. The molecule has 10 heteroatoms. The van der Waals surface area contributed by atoms with Crippen LogP contribution < -0.4 is 5.32 Å². The summed E-state index contributed by atoms with van der Waals surface area (Å²) in [6, 6.07) is 0. The number of hydrogen-bond donors (Lipinski definition) is 2. The van der Waals surface area contributed by atoms with Crippen LogP contribution in [0.3, 0.4) is 0 Å². The molecule has 1 saturated heterocycles. The van der Waals surface area contributed by atoms with Gasteiger partial charge in [-0.25, -0.2) is 0 Å². The molecule has 0 aromatic carbocycles. The Morgan fingerprint density at radius 1 is 1.55 bits per heavy atom. The quantitative estimate of drug-likeness (QED) is 0.339. The van der Waals surface area contributed by atoms with E-state index in [-0.39, 0.29) is 11.4 Å². The van der Waals surface area contributed by atoms with E-state index >= 15 is 0 Å². The lowest BCUT2D eigenvalue weighted by Crippen LogP contribution is -2.27. The predicted octanol–water partition coefficient (Wildman–Crippen LogP) is 1.60. The number of carboxylic acid groups (broad SMARTS) is 1. The number of rotatable bonds is 10. The Kier molecular flexibility index (Phi) is 8.88. The molecule has 0 bridgehead atoms. The topological polar surface area (TPSA) is 95.7 Å². The van der Waals surface area contributed by atoms with Gasteiger partial charge in [-0.2, -0.15) is 11.8 Å². The summed E-state index contributed by atoms with van der Waals surface area (Å²) in [6.45, 7) is 4.04. The zero-order valence-corrected chi connectivity index (χ0v) is 15.1. The van der Waals surface area contributed by atoms with Gasteiger partial charge >= 0.3 is 5.97 Å². The van der Waals surface area contributed by atoms with Crippen molar-refractivity contribution >= 4 is 41.3 Å². The fourth-order valence-electron chi connectivity index (χ4n) is 1.95. The van der Waals surface area contributed by atoms with Gasteiger partial charge < -0.3 is 15.3 Å². The van der Waals surface area contributed by atoms with Gasteiger partial charge in [0.2, 0.25) is 0 Å². The summed E-state index contributed by atoms with van der Waals surface area (Å²) in [5.74, 6) is 1.23. The molecule has 0 aliphatic carbocycles. The van der Waals surface area contributed by atoms with E-state index in [4.69, 9.17) is 5.11 Å². The van der Waals surface area contributed by atoms with Crippen molar-refractivity contribution in [2.24, 2.45) is 0 Å². The zero-order chi connectivity index (χ0) is 16.5. The van der Waals surface area contributed by atoms with Gasteiger partial charge in [0, 0.05) is 25.4 Å². The Hall–Kier alpha value is -0.740. The van der Waals surface area contributed by atoms with Gasteiger partial charge in [0.25, 0.3) is 5.70 Å². The average Bonchev–Trinajstić information content (AvgIpc) is 2.91. The molecular weight excluding hydrogens is 346 g/mol. The first-order valence-electron chi connectivity index (χ1n) is 6.82. The van der Waals surface area contributed by atoms with Crippen molar-refractivity contribution in [3.63, 3.8) is 0 Å². The zero-order valence-electron chi connectivity index (χ0n) is 12.6. The summed E-state index contributed by atoms with van der Waals surface area (Å²) < 4.78 is -0.679. The van der Waals surface area contributed by atoms with Crippen molar-refractivity contribution in [1.29, 1.82) is 0 Å². The molecule has 22 heavy (non-hydrogen) atoms. The SMILES string of the molecule is CCSC(SCC(=C1NCCN1CCSC)[N+](=O)[O-])C(=O)O. The van der Waals surface area contributed by atoms with Gasteiger partial charge in [-0.3, -0.25) is 14.9 Å². The Morgan fingerprint density at radius 2 is 2.27 bits per heavy atom. The Morgan fingerprint density at radius 3 is 2.82 bits per heavy atom. The maximum Gasteiger partial charge on any atom is 0.326 e. The van der Waals surface area contributed by atoms with Crippen LogP contribution in [0.1, 0.15) is 6.92 Å². The van der Waals surface area contributed by atoms with E-state index in [0.717, 1.165) is 30.6 Å². The van der Waals surface area contributed by atoms with Gasteiger partial charge in [-0.15, -0.1) is 23.5 Å². The molecule has 0 spiro atoms. The second-order valence-corrected chi connectivity index (χ2v) is 8.16. The number of carbonyl (C=O) groups is 1. The third-order valence-electron chi connectivity index (χ3n) is 2.94. The molecular formula is C12H21N3O4S3. The van der Waals surface area contributed by atoms with Crippen molar-refractivity contribution in [1.82, 2.24) is 10.2 Å². The number of thioether (sulfide) groups is 3. The molecule has 0 amide bonds. The second-order valence-electron chi connectivity index (χ2n) is 4.40. The van der Waals surface area contributed by atoms with Gasteiger partial charge in [0.15, 0.2) is 5.82 Å². The average molecular weight is 368 g/mol. The number of aliphatic carboxylic acids is 1. The summed E-state index contributed by atoms with van der Waals surface area (Å²) in [4.78, 5) is 24.1. The molecule has 126 valence electrons. The molecule has 1 aliphatic rings. The van der Waals surface area contributed by atoms with Crippen LogP contribution in [0.5, 0.6) is 0 Å². The van der Waals surface area contributed by atoms with Crippen LogP contribution in [0.15, 0.2) is 11.5 Å². The van der Waals surface area contributed by atoms with Crippen LogP contribution in [0.25, 0.3) is 0 Å². The normalized spacial score (nSPS) is 18.0. The number of nitro groups is 1. The van der Waals surface area contributed by atoms with Crippen LogP contribution in [0.4, 0.5) is 0 Å². The molecule has 1 aliphatic heterocycles. The summed E-state index contributed by atoms with van der Waals surface area (Å²) >= 11 is 4.06. The number of hydrogen-bond acceptors (Lipinski definition) is 8. The van der Waals surface area contributed by atoms with E-state index in [2.05, 4.69) is 5.32 Å². The van der Waals surface area contributed by atoms with Gasteiger partial charge in [0.1, 0.15) is 4.58 Å². The maximum atomic E-state index is 11.4. The predicted molar refractivity (Wildman–Crippen MR) is 94.0 cm³/mol. The maximum absolute atomic E-state index is 11.4. The molecule has 1 fully saturated rings. The molecule has 7 nitrogen and oxygen atoms in total. The van der Waals surface area contributed by atoms with Crippen LogP contribution >= 0.6 is 35.3 Å². The molecule has 1 atom stereocenters. The molecule has 1 rings (SSSR count). The summed E-state index contributed by atoms with van der Waals surface area (Å²) in [5, 5.41) is 23.6. The molecule has 0 aromatic heterocycles. The van der Waals surface area contributed by atoms with E-state index in [1.54, 1.807) is 11.8 Å². The van der Waals surface area contributed by atoms with E-state index < -0.39 is 15.5 Å². The first-order chi connectivity index (χ1) is 10.5. The molecule has 0 saturated carbocycles. The standard InChI is InChI=1S/C12H21N3O4S3/c1-3-21-12(11(16)17)22-8-9(15(18)19)10-13-4-5-14(10)6-7-20-2/h12-13H,3-8H2,1-2H3,(H,16,17). The van der Waals surface area contributed by atoms with Crippen molar-refractivity contribution in [3.05, 3.63) is 21.6 Å². The van der Waals surface area contributed by atoms with Gasteiger partial charge in [0.05, 0.1) is 10.7 Å². The second kappa shape index (κ2) is 10.1. The Labute approximate surface area is 142 Å². The molecule has 1 unspecified atom stereocenters. The van der Waals surface area contributed by atoms with Crippen molar-refractivity contribution in [3.8, 4) is 0 Å². The highest BCUT2D eigenvalue weighted by Crippen LogP contribution is 2.27. The highest BCUT2D eigenvalue weighted by Gasteiger charge is 2.29. The number of nitrogens with one attached hydrogen (secondary N) is 1. The minimum atomic E-state index is -0.942. The molecule has 2 N–H and O–H groups in total. The van der Waals surface area contributed by atoms with Gasteiger partial charge in [-0.1, -0.05) is 6.92 Å². The highest BCUT2D eigenvalue weighted by molar-refractivity contribution is 8.18. The van der Waals surface area contributed by atoms with E-state index in [9.17, 15) is 14.9 Å². The Balaban J connectivity index is 2.81. The molecule has 0 aromatic rings. The van der Waals surface area contributed by atoms with Gasteiger partial charge in [-0.05, 0) is 12.0 Å². The lowest BCUT2D eigenvalue weighted by molar-refractivity contribution is -0.425. The van der Waals surface area contributed by atoms with Crippen molar-refractivity contribution in [2.75, 3.05) is 43.1 Å². The highest BCUT2D eigenvalue weighted by atomic mass is 32.2.